The summed E-state index contributed by atoms with van der Waals surface area (Å²) < 4.78 is 7.55. The first-order chi connectivity index (χ1) is 11.1. The molecule has 3 heterocycles. The number of aryl methyl sites for hydroxylation is 1. The average molecular weight is 337 g/mol. The van der Waals surface area contributed by atoms with Crippen LogP contribution in [0.3, 0.4) is 0 Å². The van der Waals surface area contributed by atoms with Crippen LogP contribution in [0.4, 0.5) is 5.82 Å². The molecule has 1 fully saturated rings. The number of halogens is 1. The third kappa shape index (κ3) is 4.04. The highest BCUT2D eigenvalue weighted by Gasteiger charge is 2.26. The number of nitrogens with zero attached hydrogens (tertiary/aromatic N) is 5. The van der Waals surface area contributed by atoms with Crippen LogP contribution < -0.4 is 5.32 Å². The van der Waals surface area contributed by atoms with Crippen LogP contribution in [0.15, 0.2) is 24.7 Å². The van der Waals surface area contributed by atoms with Crippen LogP contribution in [0.5, 0.6) is 0 Å². The zero-order chi connectivity index (χ0) is 16.2. The highest BCUT2D eigenvalue weighted by atomic mass is 35.5. The topological polar surface area (TPSA) is 85.2 Å². The first-order valence-corrected chi connectivity index (χ1v) is 7.59. The van der Waals surface area contributed by atoms with E-state index in [0.29, 0.717) is 30.5 Å². The van der Waals surface area contributed by atoms with E-state index in [-0.39, 0.29) is 18.6 Å². The molecule has 0 bridgehead atoms. The molecule has 1 aliphatic rings. The molecular formula is C14H17ClN6O2. The normalized spacial score (nSPS) is 18.8. The number of carbonyl (C=O) groups is 1. The minimum absolute atomic E-state index is 0.126. The van der Waals surface area contributed by atoms with Gasteiger partial charge in [-0.1, -0.05) is 11.6 Å². The van der Waals surface area contributed by atoms with Gasteiger partial charge in [-0.15, -0.1) is 10.2 Å². The van der Waals surface area contributed by atoms with Gasteiger partial charge in [0.15, 0.2) is 5.82 Å². The van der Waals surface area contributed by atoms with Crippen LogP contribution in [0.25, 0.3) is 0 Å². The summed E-state index contributed by atoms with van der Waals surface area (Å²) in [4.78, 5) is 18.2. The summed E-state index contributed by atoms with van der Waals surface area (Å²) in [7, 11) is 1.87. The quantitative estimate of drug-likeness (QED) is 0.892. The lowest BCUT2D eigenvalue weighted by Gasteiger charge is -2.31. The van der Waals surface area contributed by atoms with E-state index >= 15 is 0 Å². The summed E-state index contributed by atoms with van der Waals surface area (Å²) in [5, 5.41) is 11.2. The minimum Gasteiger partial charge on any atom is -0.368 e. The molecule has 0 spiro atoms. The molecule has 1 saturated heterocycles. The Kier molecular flexibility index (Phi) is 4.85. The number of hydrogen-bond acceptors (Lipinski definition) is 6. The lowest BCUT2D eigenvalue weighted by molar-refractivity contribution is -0.119. The SMILES string of the molecule is Cn1cnnc1C1CN(CC(=O)Nc2ccc(Cl)cn2)CCO1. The fourth-order valence-corrected chi connectivity index (χ4v) is 2.53. The van der Waals surface area contributed by atoms with Crippen LogP contribution in [-0.4, -0.2) is 56.8 Å². The van der Waals surface area contributed by atoms with Crippen molar-refractivity contribution in [2.24, 2.45) is 7.05 Å². The fourth-order valence-electron chi connectivity index (χ4n) is 2.42. The standard InChI is InChI=1S/C14H17ClN6O2/c1-20-9-17-19-14(20)11-7-21(4-5-23-11)8-13(22)18-12-3-2-10(15)6-16-12/h2-3,6,9,11H,4-5,7-8H2,1H3,(H,16,18,22). The average Bonchev–Trinajstić information content (AvgIpc) is 2.96. The third-order valence-electron chi connectivity index (χ3n) is 3.55. The Balaban J connectivity index is 1.56. The number of ether oxygens (including phenoxy) is 1. The first-order valence-electron chi connectivity index (χ1n) is 7.21. The summed E-state index contributed by atoms with van der Waals surface area (Å²) in [6.07, 6.45) is 2.95. The number of rotatable bonds is 4. The molecule has 0 saturated carbocycles. The maximum atomic E-state index is 12.1. The largest absolute Gasteiger partial charge is 0.368 e. The third-order valence-corrected chi connectivity index (χ3v) is 3.77. The van der Waals surface area contributed by atoms with Gasteiger partial charge in [0.2, 0.25) is 5.91 Å². The molecule has 23 heavy (non-hydrogen) atoms. The highest BCUT2D eigenvalue weighted by molar-refractivity contribution is 6.30. The highest BCUT2D eigenvalue weighted by Crippen LogP contribution is 2.19. The van der Waals surface area contributed by atoms with E-state index in [1.165, 1.54) is 6.20 Å². The number of nitrogens with one attached hydrogen (secondary N) is 1. The van der Waals surface area contributed by atoms with E-state index in [0.717, 1.165) is 5.82 Å². The number of hydrogen-bond donors (Lipinski definition) is 1. The van der Waals surface area contributed by atoms with Crippen LogP contribution in [0.1, 0.15) is 11.9 Å². The summed E-state index contributed by atoms with van der Waals surface area (Å²) in [5.41, 5.74) is 0. The molecule has 2 aromatic rings. The van der Waals surface area contributed by atoms with Gasteiger partial charge in [0.1, 0.15) is 18.2 Å². The van der Waals surface area contributed by atoms with E-state index in [4.69, 9.17) is 16.3 Å². The molecule has 1 N–H and O–H groups in total. The van der Waals surface area contributed by atoms with E-state index in [1.807, 2.05) is 16.5 Å². The van der Waals surface area contributed by atoms with Crippen LogP contribution in [0, 0.1) is 0 Å². The van der Waals surface area contributed by atoms with Crippen LogP contribution >= 0.6 is 11.6 Å². The Labute approximate surface area is 138 Å². The lowest BCUT2D eigenvalue weighted by atomic mass is 10.2. The Morgan fingerprint density at radius 1 is 1.52 bits per heavy atom. The second kappa shape index (κ2) is 7.03. The number of carbonyl (C=O) groups excluding carboxylic acids is 1. The second-order valence-corrected chi connectivity index (χ2v) is 5.74. The van der Waals surface area contributed by atoms with E-state index in [1.54, 1.807) is 18.5 Å². The number of amides is 1. The van der Waals surface area contributed by atoms with Gasteiger partial charge in [0, 0.05) is 26.3 Å². The maximum absolute atomic E-state index is 12.1. The van der Waals surface area contributed by atoms with Crippen molar-refractivity contribution in [3.05, 3.63) is 35.5 Å². The molecule has 8 nitrogen and oxygen atoms in total. The Morgan fingerprint density at radius 2 is 2.39 bits per heavy atom. The molecule has 2 aromatic heterocycles. The summed E-state index contributed by atoms with van der Waals surface area (Å²) in [6.45, 7) is 2.09. The van der Waals surface area contributed by atoms with Gasteiger partial charge in [-0.05, 0) is 12.1 Å². The molecule has 1 atom stereocenters. The molecular weight excluding hydrogens is 320 g/mol. The van der Waals surface area contributed by atoms with Gasteiger partial charge in [-0.3, -0.25) is 9.69 Å². The Bertz CT molecular complexity index is 674. The van der Waals surface area contributed by atoms with Crippen molar-refractivity contribution >= 4 is 23.3 Å². The molecule has 0 aliphatic carbocycles. The zero-order valence-electron chi connectivity index (χ0n) is 12.6. The molecule has 122 valence electrons. The second-order valence-electron chi connectivity index (χ2n) is 5.30. The Morgan fingerprint density at radius 3 is 3.09 bits per heavy atom. The van der Waals surface area contributed by atoms with Crippen molar-refractivity contribution in [2.75, 3.05) is 31.6 Å². The van der Waals surface area contributed by atoms with E-state index in [9.17, 15) is 4.79 Å². The van der Waals surface area contributed by atoms with Crippen molar-refractivity contribution < 1.29 is 9.53 Å². The number of pyridine rings is 1. The molecule has 1 amide bonds. The van der Waals surface area contributed by atoms with Gasteiger partial charge < -0.3 is 14.6 Å². The first kappa shape index (κ1) is 15.9. The van der Waals surface area contributed by atoms with Gasteiger partial charge in [0.25, 0.3) is 0 Å². The van der Waals surface area contributed by atoms with Crippen molar-refractivity contribution in [3.8, 4) is 0 Å². The summed E-state index contributed by atoms with van der Waals surface area (Å²) >= 11 is 5.77. The summed E-state index contributed by atoms with van der Waals surface area (Å²) in [5.74, 6) is 1.12. The van der Waals surface area contributed by atoms with E-state index in [2.05, 4.69) is 20.5 Å². The predicted octanol–water partition coefficient (Wildman–Crippen LogP) is 0.875. The Hall–Kier alpha value is -2.03. The van der Waals surface area contributed by atoms with Crippen LogP contribution in [0.2, 0.25) is 5.02 Å². The van der Waals surface area contributed by atoms with Crippen molar-refractivity contribution in [2.45, 2.75) is 6.10 Å². The molecule has 1 unspecified atom stereocenters. The molecule has 9 heteroatoms. The smallest absolute Gasteiger partial charge is 0.239 e. The zero-order valence-corrected chi connectivity index (χ0v) is 13.4. The number of morpholine rings is 1. The fraction of sp³-hybridized carbons (Fsp3) is 0.429. The van der Waals surface area contributed by atoms with Gasteiger partial charge in [-0.2, -0.15) is 0 Å². The number of anilines is 1. The van der Waals surface area contributed by atoms with Crippen molar-refractivity contribution in [1.82, 2.24) is 24.6 Å². The van der Waals surface area contributed by atoms with Crippen molar-refractivity contribution in [3.63, 3.8) is 0 Å². The van der Waals surface area contributed by atoms with E-state index < -0.39 is 0 Å². The minimum atomic E-state index is -0.183. The maximum Gasteiger partial charge on any atom is 0.239 e. The van der Waals surface area contributed by atoms with Crippen molar-refractivity contribution in [1.29, 1.82) is 0 Å². The molecule has 1 aliphatic heterocycles. The monoisotopic (exact) mass is 336 g/mol. The lowest BCUT2D eigenvalue weighted by Crippen LogP contribution is -2.43. The van der Waals surface area contributed by atoms with Gasteiger partial charge >= 0.3 is 0 Å². The number of aromatic nitrogens is 4. The molecule has 0 aromatic carbocycles. The van der Waals surface area contributed by atoms with Gasteiger partial charge in [-0.25, -0.2) is 4.98 Å². The predicted molar refractivity (Wildman–Crippen MR) is 84.0 cm³/mol. The molecule has 3 rings (SSSR count). The molecule has 0 radical (unpaired) electrons. The summed E-state index contributed by atoms with van der Waals surface area (Å²) in [6, 6.07) is 3.35. The van der Waals surface area contributed by atoms with Crippen LogP contribution in [-0.2, 0) is 16.6 Å². The van der Waals surface area contributed by atoms with Gasteiger partial charge in [0.05, 0.1) is 18.2 Å².